The molecule has 3 rings (SSSR count). The first kappa shape index (κ1) is 13.6. The van der Waals surface area contributed by atoms with Crippen LogP contribution in [0.1, 0.15) is 31.4 Å². The van der Waals surface area contributed by atoms with Crippen molar-refractivity contribution in [2.24, 2.45) is 11.8 Å². The number of nitrogens with zero attached hydrogens (tertiary/aromatic N) is 3. The van der Waals surface area contributed by atoms with Crippen LogP contribution >= 0.6 is 0 Å². The molecule has 5 heteroatoms. The summed E-state index contributed by atoms with van der Waals surface area (Å²) in [5.74, 6) is 3.05. The van der Waals surface area contributed by atoms with E-state index < -0.39 is 0 Å². The van der Waals surface area contributed by atoms with Crippen LogP contribution in [0.25, 0.3) is 0 Å². The summed E-state index contributed by atoms with van der Waals surface area (Å²) in [4.78, 5) is 11.3. The van der Waals surface area contributed by atoms with Gasteiger partial charge in [-0.25, -0.2) is 4.98 Å². The first-order chi connectivity index (χ1) is 9.56. The average molecular weight is 276 g/mol. The summed E-state index contributed by atoms with van der Waals surface area (Å²) < 4.78 is 0. The number of aliphatic hydroxyl groups excluding tert-OH is 1. The molecule has 5 nitrogen and oxygen atoms in total. The van der Waals surface area contributed by atoms with Crippen molar-refractivity contribution in [3.63, 3.8) is 0 Å². The van der Waals surface area contributed by atoms with Crippen molar-refractivity contribution in [1.29, 1.82) is 0 Å². The maximum atomic E-state index is 9.74. The van der Waals surface area contributed by atoms with E-state index in [1.54, 1.807) is 0 Å². The van der Waals surface area contributed by atoms with Crippen LogP contribution in [0.5, 0.6) is 0 Å². The third kappa shape index (κ3) is 2.46. The van der Waals surface area contributed by atoms with Gasteiger partial charge in [-0.15, -0.1) is 0 Å². The lowest BCUT2D eigenvalue weighted by Gasteiger charge is -2.26. The van der Waals surface area contributed by atoms with Crippen LogP contribution in [0.15, 0.2) is 6.07 Å². The fourth-order valence-corrected chi connectivity index (χ4v) is 3.87. The molecule has 2 saturated carbocycles. The molecule has 2 aliphatic rings. The molecule has 0 spiro atoms. The van der Waals surface area contributed by atoms with Gasteiger partial charge in [0.05, 0.1) is 6.10 Å². The molecule has 2 fully saturated rings. The van der Waals surface area contributed by atoms with Crippen molar-refractivity contribution in [3.8, 4) is 0 Å². The average Bonchev–Trinajstić information content (AvgIpc) is 2.94. The highest BCUT2D eigenvalue weighted by atomic mass is 16.3. The Hall–Kier alpha value is -1.36. The zero-order valence-corrected chi connectivity index (χ0v) is 12.5. The lowest BCUT2D eigenvalue weighted by atomic mass is 10.0. The second-order valence-electron chi connectivity index (χ2n) is 6.33. The van der Waals surface area contributed by atoms with Gasteiger partial charge in [-0.1, -0.05) is 0 Å². The van der Waals surface area contributed by atoms with Gasteiger partial charge in [-0.3, -0.25) is 0 Å². The van der Waals surface area contributed by atoms with Gasteiger partial charge < -0.3 is 15.3 Å². The van der Waals surface area contributed by atoms with E-state index in [0.717, 1.165) is 43.1 Å². The second-order valence-corrected chi connectivity index (χ2v) is 6.33. The molecule has 0 saturated heterocycles. The fourth-order valence-electron chi connectivity index (χ4n) is 3.87. The highest BCUT2D eigenvalue weighted by Crippen LogP contribution is 2.45. The Bertz CT molecular complexity index is 479. The lowest BCUT2D eigenvalue weighted by Crippen LogP contribution is -2.32. The van der Waals surface area contributed by atoms with Gasteiger partial charge >= 0.3 is 0 Å². The van der Waals surface area contributed by atoms with E-state index in [4.69, 9.17) is 0 Å². The molecule has 2 aliphatic carbocycles. The van der Waals surface area contributed by atoms with E-state index >= 15 is 0 Å². The normalized spacial score (nSPS) is 32.2. The summed E-state index contributed by atoms with van der Waals surface area (Å²) in [6.07, 6.45) is 4.20. The Labute approximate surface area is 120 Å². The smallest absolute Gasteiger partial charge is 0.227 e. The van der Waals surface area contributed by atoms with Crippen molar-refractivity contribution in [2.75, 3.05) is 24.3 Å². The first-order valence-electron chi connectivity index (χ1n) is 7.51. The maximum Gasteiger partial charge on any atom is 0.227 e. The summed E-state index contributed by atoms with van der Waals surface area (Å²) in [5, 5.41) is 12.8. The molecule has 1 heterocycles. The van der Waals surface area contributed by atoms with Crippen LogP contribution in [0.4, 0.5) is 11.8 Å². The predicted molar refractivity (Wildman–Crippen MR) is 80.0 cm³/mol. The van der Waals surface area contributed by atoms with Crippen molar-refractivity contribution in [2.45, 2.75) is 44.8 Å². The number of hydrogen-bond donors (Lipinski definition) is 2. The zero-order valence-electron chi connectivity index (χ0n) is 12.5. The number of aliphatic hydroxyl groups is 1. The van der Waals surface area contributed by atoms with Crippen molar-refractivity contribution in [3.05, 3.63) is 11.8 Å². The van der Waals surface area contributed by atoms with Gasteiger partial charge in [-0.2, -0.15) is 4.98 Å². The van der Waals surface area contributed by atoms with Crippen LogP contribution < -0.4 is 10.2 Å². The fraction of sp³-hybridized carbons (Fsp3) is 0.733. The zero-order chi connectivity index (χ0) is 14.3. The van der Waals surface area contributed by atoms with Gasteiger partial charge in [0.25, 0.3) is 0 Å². The molecule has 4 atom stereocenters. The molecule has 0 amide bonds. The van der Waals surface area contributed by atoms with E-state index in [0.29, 0.717) is 17.9 Å². The van der Waals surface area contributed by atoms with E-state index in [-0.39, 0.29) is 6.10 Å². The molecule has 20 heavy (non-hydrogen) atoms. The number of rotatable bonds is 3. The summed E-state index contributed by atoms with van der Waals surface area (Å²) >= 11 is 0. The van der Waals surface area contributed by atoms with Crippen LogP contribution in [-0.4, -0.2) is 41.3 Å². The van der Waals surface area contributed by atoms with E-state index in [1.165, 1.54) is 0 Å². The Kier molecular flexibility index (Phi) is 3.54. The third-order valence-corrected chi connectivity index (χ3v) is 4.93. The van der Waals surface area contributed by atoms with Crippen LogP contribution in [0.2, 0.25) is 0 Å². The summed E-state index contributed by atoms with van der Waals surface area (Å²) in [5.41, 5.74) is 0.986. The molecule has 1 aromatic heterocycles. The number of anilines is 2. The van der Waals surface area contributed by atoms with E-state index in [1.807, 2.05) is 20.0 Å². The van der Waals surface area contributed by atoms with Crippen LogP contribution in [0.3, 0.4) is 0 Å². The van der Waals surface area contributed by atoms with Gasteiger partial charge in [0.15, 0.2) is 0 Å². The second kappa shape index (κ2) is 5.20. The third-order valence-electron chi connectivity index (χ3n) is 4.93. The monoisotopic (exact) mass is 276 g/mol. The highest BCUT2D eigenvalue weighted by molar-refractivity contribution is 5.43. The first-order valence-corrected chi connectivity index (χ1v) is 7.51. The molecule has 1 aromatic rings. The number of aryl methyl sites for hydroxylation is 1. The van der Waals surface area contributed by atoms with E-state index in [2.05, 4.69) is 27.2 Å². The van der Waals surface area contributed by atoms with Crippen molar-refractivity contribution in [1.82, 2.24) is 9.97 Å². The number of fused-ring (bicyclic) bond motifs is 1. The quantitative estimate of drug-likeness (QED) is 0.881. The van der Waals surface area contributed by atoms with Crippen LogP contribution in [-0.2, 0) is 0 Å². The number of aromatic nitrogens is 2. The molecule has 2 unspecified atom stereocenters. The maximum absolute atomic E-state index is 9.74. The van der Waals surface area contributed by atoms with Gasteiger partial charge in [0, 0.05) is 31.9 Å². The Morgan fingerprint density at radius 1 is 1.20 bits per heavy atom. The van der Waals surface area contributed by atoms with Gasteiger partial charge in [-0.05, 0) is 44.4 Å². The Balaban J connectivity index is 1.74. The van der Waals surface area contributed by atoms with Crippen molar-refractivity contribution < 1.29 is 5.11 Å². The molecule has 0 radical (unpaired) electrons. The standard InChI is InChI=1S/C15H24N4O/c1-9-4-14(16-2)18-15(17-9)19(3)12-5-10-7-13(20)8-11(10)6-12/h4,10-13,20H,5-8H2,1-3H3,(H,16,17,18)/t10-,11+,12?,13?. The Morgan fingerprint density at radius 2 is 1.85 bits per heavy atom. The van der Waals surface area contributed by atoms with Crippen molar-refractivity contribution >= 4 is 11.8 Å². The number of nitrogens with one attached hydrogen (secondary N) is 1. The topological polar surface area (TPSA) is 61.3 Å². The highest BCUT2D eigenvalue weighted by Gasteiger charge is 2.42. The van der Waals surface area contributed by atoms with Gasteiger partial charge in [0.2, 0.25) is 5.95 Å². The molecule has 110 valence electrons. The molecular weight excluding hydrogens is 252 g/mol. The molecule has 0 aliphatic heterocycles. The SMILES string of the molecule is CNc1cc(C)nc(N(C)C2C[C@H]3CC(O)C[C@H]3C2)n1. The minimum atomic E-state index is -0.0673. The van der Waals surface area contributed by atoms with Gasteiger partial charge in [0.1, 0.15) is 5.82 Å². The molecule has 2 N–H and O–H groups in total. The largest absolute Gasteiger partial charge is 0.393 e. The minimum absolute atomic E-state index is 0.0673. The molecule has 0 bridgehead atoms. The number of hydrogen-bond acceptors (Lipinski definition) is 5. The summed E-state index contributed by atoms with van der Waals surface area (Å²) in [6.45, 7) is 2.00. The molecule has 0 aromatic carbocycles. The molecular formula is C15H24N4O. The lowest BCUT2D eigenvalue weighted by molar-refractivity contribution is 0.171. The summed E-state index contributed by atoms with van der Waals surface area (Å²) in [7, 11) is 3.98. The Morgan fingerprint density at radius 3 is 2.45 bits per heavy atom. The predicted octanol–water partition coefficient (Wildman–Crippen LogP) is 1.81. The van der Waals surface area contributed by atoms with Crippen LogP contribution in [0, 0.1) is 18.8 Å². The minimum Gasteiger partial charge on any atom is -0.393 e. The van der Waals surface area contributed by atoms with E-state index in [9.17, 15) is 5.11 Å². The summed E-state index contributed by atoms with van der Waals surface area (Å²) in [6, 6.07) is 2.46.